The molecule has 5 nitrogen and oxygen atoms in total. The van der Waals surface area contributed by atoms with E-state index in [1.54, 1.807) is 13.2 Å². The zero-order valence-corrected chi connectivity index (χ0v) is 13.7. The predicted molar refractivity (Wildman–Crippen MR) is 90.2 cm³/mol. The Kier molecular flexibility index (Phi) is 6.41. The van der Waals surface area contributed by atoms with E-state index >= 15 is 0 Å². The fourth-order valence-corrected chi connectivity index (χ4v) is 3.47. The second-order valence-corrected chi connectivity index (χ2v) is 6.27. The zero-order valence-electron chi connectivity index (χ0n) is 12.8. The minimum atomic E-state index is -0.318. The lowest BCUT2D eigenvalue weighted by Gasteiger charge is -2.20. The van der Waals surface area contributed by atoms with E-state index in [2.05, 4.69) is 11.1 Å². The highest BCUT2D eigenvalue weighted by Crippen LogP contribution is 2.40. The first-order chi connectivity index (χ1) is 11.2. The van der Waals surface area contributed by atoms with Gasteiger partial charge in [-0.05, 0) is 12.0 Å². The average Bonchev–Trinajstić information content (AvgIpc) is 2.61. The van der Waals surface area contributed by atoms with E-state index in [4.69, 9.17) is 10.5 Å². The topological polar surface area (TPSA) is 92.2 Å². The maximum absolute atomic E-state index is 9.28. The van der Waals surface area contributed by atoms with Gasteiger partial charge in [0.05, 0.1) is 19.3 Å². The summed E-state index contributed by atoms with van der Waals surface area (Å²) < 4.78 is 5.15. The van der Waals surface area contributed by atoms with Crippen LogP contribution >= 0.6 is 11.8 Å². The van der Waals surface area contributed by atoms with Gasteiger partial charge in [-0.3, -0.25) is 0 Å². The highest BCUT2D eigenvalue weighted by molar-refractivity contribution is 7.99. The van der Waals surface area contributed by atoms with Gasteiger partial charge in [-0.25, -0.2) is 4.98 Å². The van der Waals surface area contributed by atoms with Gasteiger partial charge in [0.15, 0.2) is 0 Å². The zero-order chi connectivity index (χ0) is 16.7. The summed E-state index contributed by atoms with van der Waals surface area (Å²) in [5, 5.41) is 18.6. The van der Waals surface area contributed by atoms with Crippen LogP contribution in [0.2, 0.25) is 0 Å². The number of nitrogens with zero attached hydrogens (tertiary/aromatic N) is 2. The minimum absolute atomic E-state index is 0.0255. The molecule has 2 aromatic rings. The Morgan fingerprint density at radius 2 is 2.13 bits per heavy atom. The summed E-state index contributed by atoms with van der Waals surface area (Å²) in [5.41, 5.74) is 7.52. The Morgan fingerprint density at radius 3 is 2.74 bits per heavy atom. The number of hydrogen-bond acceptors (Lipinski definition) is 6. The molecular formula is C17H19N3O2S. The Hall–Kier alpha value is -2.07. The van der Waals surface area contributed by atoms with E-state index < -0.39 is 0 Å². The molecule has 1 aromatic carbocycles. The second-order valence-electron chi connectivity index (χ2n) is 5.03. The highest BCUT2D eigenvalue weighted by Gasteiger charge is 2.19. The number of ether oxygens (including phenoxy) is 1. The molecular weight excluding hydrogens is 310 g/mol. The fourth-order valence-electron chi connectivity index (χ4n) is 2.13. The molecule has 0 spiro atoms. The molecule has 3 N–H and O–H groups in total. The Bertz CT molecular complexity index is 673. The van der Waals surface area contributed by atoms with Crippen LogP contribution in [0.5, 0.6) is 5.88 Å². The van der Waals surface area contributed by atoms with Gasteiger partial charge in [-0.2, -0.15) is 5.26 Å². The smallest absolute Gasteiger partial charge is 0.214 e. The van der Waals surface area contributed by atoms with Crippen LogP contribution in [-0.2, 0) is 0 Å². The third-order valence-corrected chi connectivity index (χ3v) is 4.70. The predicted octanol–water partition coefficient (Wildman–Crippen LogP) is 2.50. The maximum atomic E-state index is 9.28. The number of aliphatic hydroxyl groups excluding tert-OH is 1. The van der Waals surface area contributed by atoms with Gasteiger partial charge in [-0.15, -0.1) is 11.8 Å². The molecule has 1 aromatic heterocycles. The third kappa shape index (κ3) is 4.70. The SMILES string of the molecule is COc1cc(SC(C[C@H](N)CO)c2ccccc2)c(C#N)cn1. The lowest BCUT2D eigenvalue weighted by Crippen LogP contribution is -2.26. The number of nitrogens with two attached hydrogens (primary N) is 1. The summed E-state index contributed by atoms with van der Waals surface area (Å²) in [6.07, 6.45) is 2.11. The molecule has 1 unspecified atom stereocenters. The van der Waals surface area contributed by atoms with Gasteiger partial charge in [0.25, 0.3) is 0 Å². The molecule has 1 heterocycles. The number of pyridine rings is 1. The van der Waals surface area contributed by atoms with Crippen molar-refractivity contribution in [2.24, 2.45) is 5.73 Å². The maximum Gasteiger partial charge on any atom is 0.214 e. The molecule has 0 bridgehead atoms. The molecule has 0 aliphatic heterocycles. The Balaban J connectivity index is 2.32. The molecule has 0 fully saturated rings. The summed E-state index contributed by atoms with van der Waals surface area (Å²) in [5.74, 6) is 0.463. The number of rotatable bonds is 7. The third-order valence-electron chi connectivity index (χ3n) is 3.36. The molecule has 120 valence electrons. The van der Waals surface area contributed by atoms with Gasteiger partial charge < -0.3 is 15.6 Å². The minimum Gasteiger partial charge on any atom is -0.481 e. The van der Waals surface area contributed by atoms with Gasteiger partial charge in [0.2, 0.25) is 5.88 Å². The van der Waals surface area contributed by atoms with E-state index in [-0.39, 0.29) is 17.9 Å². The molecule has 0 saturated carbocycles. The van der Waals surface area contributed by atoms with Crippen molar-refractivity contribution in [3.8, 4) is 11.9 Å². The van der Waals surface area contributed by atoms with Crippen LogP contribution in [0.25, 0.3) is 0 Å². The summed E-state index contributed by atoms with van der Waals surface area (Å²) in [6, 6.07) is 13.5. The highest BCUT2D eigenvalue weighted by atomic mass is 32.2. The van der Waals surface area contributed by atoms with Crippen LogP contribution in [0.1, 0.15) is 22.8 Å². The summed E-state index contributed by atoms with van der Waals surface area (Å²) in [4.78, 5) is 4.85. The van der Waals surface area contributed by atoms with Crippen LogP contribution in [0.4, 0.5) is 0 Å². The molecule has 2 atom stereocenters. The number of aromatic nitrogens is 1. The van der Waals surface area contributed by atoms with Crippen LogP contribution < -0.4 is 10.5 Å². The first-order valence-corrected chi connectivity index (χ1v) is 8.08. The Morgan fingerprint density at radius 1 is 1.39 bits per heavy atom. The number of thioether (sulfide) groups is 1. The number of hydrogen-bond donors (Lipinski definition) is 2. The standard InChI is InChI=1S/C17H19N3O2S/c1-22-17-8-16(13(9-18)10-20-17)23-15(7-14(19)11-21)12-5-3-2-4-6-12/h2-6,8,10,14-15,21H,7,11,19H2,1H3/t14-,15?/m0/s1. The summed E-state index contributed by atoms with van der Waals surface area (Å²) >= 11 is 1.53. The second kappa shape index (κ2) is 8.53. The lowest BCUT2D eigenvalue weighted by molar-refractivity contribution is 0.259. The Labute approximate surface area is 140 Å². The van der Waals surface area contributed by atoms with Crippen molar-refractivity contribution < 1.29 is 9.84 Å². The van der Waals surface area contributed by atoms with Gasteiger partial charge in [-0.1, -0.05) is 30.3 Å². The monoisotopic (exact) mass is 329 g/mol. The van der Waals surface area contributed by atoms with Crippen molar-refractivity contribution in [3.05, 3.63) is 53.7 Å². The van der Waals surface area contributed by atoms with Crippen molar-refractivity contribution in [1.29, 1.82) is 5.26 Å². The molecule has 0 aliphatic rings. The fraction of sp³-hybridized carbons (Fsp3) is 0.294. The van der Waals surface area contributed by atoms with Crippen molar-refractivity contribution in [2.45, 2.75) is 22.6 Å². The summed E-state index contributed by atoms with van der Waals surface area (Å²) in [6.45, 7) is -0.0747. The number of nitriles is 1. The lowest BCUT2D eigenvalue weighted by atomic mass is 10.1. The van der Waals surface area contributed by atoms with E-state index in [1.165, 1.54) is 18.0 Å². The van der Waals surface area contributed by atoms with Crippen molar-refractivity contribution in [2.75, 3.05) is 13.7 Å². The quantitative estimate of drug-likeness (QED) is 0.758. The number of methoxy groups -OCH3 is 1. The molecule has 23 heavy (non-hydrogen) atoms. The van der Waals surface area contributed by atoms with Gasteiger partial charge in [0.1, 0.15) is 6.07 Å². The molecule has 0 amide bonds. The van der Waals surface area contributed by atoms with E-state index in [0.717, 1.165) is 10.5 Å². The van der Waals surface area contributed by atoms with E-state index in [0.29, 0.717) is 17.9 Å². The molecule has 6 heteroatoms. The molecule has 0 saturated heterocycles. The normalized spacial score (nSPS) is 13.1. The number of aliphatic hydroxyl groups is 1. The van der Waals surface area contributed by atoms with Crippen LogP contribution in [0.15, 0.2) is 47.5 Å². The van der Waals surface area contributed by atoms with E-state index in [9.17, 15) is 10.4 Å². The van der Waals surface area contributed by atoms with E-state index in [1.807, 2.05) is 30.3 Å². The van der Waals surface area contributed by atoms with Crippen LogP contribution in [0, 0.1) is 11.3 Å². The van der Waals surface area contributed by atoms with Gasteiger partial charge >= 0.3 is 0 Å². The molecule has 2 rings (SSSR count). The van der Waals surface area contributed by atoms with Crippen molar-refractivity contribution in [1.82, 2.24) is 4.98 Å². The van der Waals surface area contributed by atoms with Crippen molar-refractivity contribution in [3.63, 3.8) is 0 Å². The first-order valence-electron chi connectivity index (χ1n) is 7.20. The average molecular weight is 329 g/mol. The molecule has 0 radical (unpaired) electrons. The number of benzene rings is 1. The summed E-state index contributed by atoms with van der Waals surface area (Å²) in [7, 11) is 1.54. The van der Waals surface area contributed by atoms with Crippen LogP contribution in [0.3, 0.4) is 0 Å². The van der Waals surface area contributed by atoms with Crippen molar-refractivity contribution >= 4 is 11.8 Å². The molecule has 0 aliphatic carbocycles. The van der Waals surface area contributed by atoms with Gasteiger partial charge in [0, 0.05) is 28.5 Å². The van der Waals surface area contributed by atoms with Crippen LogP contribution in [-0.4, -0.2) is 29.8 Å². The first kappa shape index (κ1) is 17.3. The largest absolute Gasteiger partial charge is 0.481 e.